The number of nitrogens with one attached hydrogen (secondary N) is 1. The molecule has 1 fully saturated rings. The summed E-state index contributed by atoms with van der Waals surface area (Å²) in [5.74, 6) is -0.427. The Balaban J connectivity index is 1.39. The molecule has 0 saturated carbocycles. The Morgan fingerprint density at radius 1 is 1.06 bits per heavy atom. The van der Waals surface area contributed by atoms with Crippen molar-refractivity contribution in [2.45, 2.75) is 45.8 Å². The van der Waals surface area contributed by atoms with E-state index in [0.29, 0.717) is 18.7 Å². The molecule has 1 atom stereocenters. The lowest BCUT2D eigenvalue weighted by Gasteiger charge is -2.22. The lowest BCUT2D eigenvalue weighted by molar-refractivity contribution is -0.122. The van der Waals surface area contributed by atoms with Crippen molar-refractivity contribution in [2.24, 2.45) is 5.73 Å². The second-order valence-corrected chi connectivity index (χ2v) is 8.47. The molecule has 166 valence electrons. The largest absolute Gasteiger partial charge is 0.368 e. The molecular weight excluding hydrogens is 402 g/mol. The number of nitrogens with two attached hydrogens (primary N) is 1. The summed E-state index contributed by atoms with van der Waals surface area (Å²) >= 11 is 0. The van der Waals surface area contributed by atoms with E-state index in [-0.39, 0.29) is 17.9 Å². The van der Waals surface area contributed by atoms with Crippen LogP contribution in [-0.2, 0) is 17.9 Å². The van der Waals surface area contributed by atoms with Gasteiger partial charge in [-0.1, -0.05) is 24.3 Å². The van der Waals surface area contributed by atoms with E-state index >= 15 is 0 Å². The monoisotopic (exact) mass is 431 g/mol. The second-order valence-electron chi connectivity index (χ2n) is 8.47. The third-order valence-electron chi connectivity index (χ3n) is 5.91. The highest BCUT2D eigenvalue weighted by Crippen LogP contribution is 2.21. The summed E-state index contributed by atoms with van der Waals surface area (Å²) in [6, 6.07) is 17.2. The van der Waals surface area contributed by atoms with Gasteiger partial charge < -0.3 is 11.1 Å². The molecule has 1 saturated heterocycles. The first kappa shape index (κ1) is 21.8. The second kappa shape index (κ2) is 9.36. The van der Waals surface area contributed by atoms with Crippen molar-refractivity contribution >= 4 is 17.5 Å². The molecule has 32 heavy (non-hydrogen) atoms. The van der Waals surface area contributed by atoms with E-state index in [1.165, 1.54) is 0 Å². The fourth-order valence-corrected chi connectivity index (χ4v) is 4.29. The molecule has 3 N–H and O–H groups in total. The van der Waals surface area contributed by atoms with Crippen molar-refractivity contribution in [3.63, 3.8) is 0 Å². The number of aromatic nitrogens is 2. The first-order chi connectivity index (χ1) is 15.4. The van der Waals surface area contributed by atoms with E-state index < -0.39 is 0 Å². The minimum absolute atomic E-state index is 0.156. The van der Waals surface area contributed by atoms with Crippen molar-refractivity contribution < 1.29 is 9.59 Å². The number of carbonyl (C=O) groups excluding carboxylic acids is 2. The van der Waals surface area contributed by atoms with Crippen LogP contribution in [0.15, 0.2) is 54.6 Å². The third-order valence-corrected chi connectivity index (χ3v) is 5.91. The first-order valence-corrected chi connectivity index (χ1v) is 10.9. The summed E-state index contributed by atoms with van der Waals surface area (Å²) in [5, 5.41) is 7.46. The highest BCUT2D eigenvalue weighted by atomic mass is 16.2. The molecule has 7 nitrogen and oxygen atoms in total. The number of anilines is 1. The molecule has 0 aliphatic carbocycles. The van der Waals surface area contributed by atoms with Gasteiger partial charge in [0.25, 0.3) is 5.91 Å². The maximum Gasteiger partial charge on any atom is 0.255 e. The van der Waals surface area contributed by atoms with Gasteiger partial charge in [-0.2, -0.15) is 5.10 Å². The fraction of sp³-hybridized carbons (Fsp3) is 0.320. The fourth-order valence-electron chi connectivity index (χ4n) is 4.29. The van der Waals surface area contributed by atoms with Crippen LogP contribution >= 0.6 is 0 Å². The number of likely N-dealkylation sites (tertiary alicyclic amines) is 1. The van der Waals surface area contributed by atoms with Crippen LogP contribution in [0.2, 0.25) is 0 Å². The molecule has 1 aliphatic rings. The van der Waals surface area contributed by atoms with E-state index in [9.17, 15) is 9.59 Å². The molecule has 2 aromatic carbocycles. The Kier molecular flexibility index (Phi) is 6.37. The van der Waals surface area contributed by atoms with Gasteiger partial charge in [-0.05, 0) is 74.7 Å². The van der Waals surface area contributed by atoms with E-state index in [2.05, 4.69) is 15.3 Å². The number of benzene rings is 2. The number of aryl methyl sites for hydroxylation is 2. The summed E-state index contributed by atoms with van der Waals surface area (Å²) in [6.07, 6.45) is 1.78. The van der Waals surface area contributed by atoms with Gasteiger partial charge in [0.05, 0.1) is 18.3 Å². The molecule has 2 amide bonds. The number of nitrogens with zero attached hydrogens (tertiary/aromatic N) is 3. The predicted molar refractivity (Wildman–Crippen MR) is 124 cm³/mol. The SMILES string of the molecule is Cc1cc(C)n(Cc2ccc(C(=O)Nc3cccc(CN4CCCC4C(N)=O)c3)cc2)n1. The van der Waals surface area contributed by atoms with Crippen LogP contribution in [0.4, 0.5) is 5.69 Å². The van der Waals surface area contributed by atoms with Crippen molar-refractivity contribution in [3.8, 4) is 0 Å². The molecule has 0 bridgehead atoms. The average Bonchev–Trinajstić information content (AvgIpc) is 3.34. The zero-order valence-electron chi connectivity index (χ0n) is 18.5. The van der Waals surface area contributed by atoms with Crippen molar-refractivity contribution in [3.05, 3.63) is 82.7 Å². The van der Waals surface area contributed by atoms with Gasteiger partial charge >= 0.3 is 0 Å². The van der Waals surface area contributed by atoms with Crippen LogP contribution < -0.4 is 11.1 Å². The van der Waals surface area contributed by atoms with Crippen molar-refractivity contribution in [2.75, 3.05) is 11.9 Å². The Hall–Kier alpha value is -3.45. The van der Waals surface area contributed by atoms with Gasteiger partial charge in [-0.25, -0.2) is 0 Å². The molecule has 3 aromatic rings. The van der Waals surface area contributed by atoms with Gasteiger partial charge in [0.15, 0.2) is 0 Å². The summed E-state index contributed by atoms with van der Waals surface area (Å²) in [4.78, 5) is 26.5. The standard InChI is InChI=1S/C25H29N5O2/c1-17-13-18(2)30(28-17)16-19-8-10-21(11-9-19)25(32)27-22-6-3-5-20(14-22)15-29-12-4-7-23(29)24(26)31/h3,5-6,8-11,13-14,23H,4,7,12,15-16H2,1-2H3,(H2,26,31)(H,27,32). The number of rotatable bonds is 7. The van der Waals surface area contributed by atoms with E-state index in [1.54, 1.807) is 0 Å². The summed E-state index contributed by atoms with van der Waals surface area (Å²) in [5.41, 5.74) is 11.1. The topological polar surface area (TPSA) is 93.3 Å². The summed E-state index contributed by atoms with van der Waals surface area (Å²) in [7, 11) is 0. The van der Waals surface area contributed by atoms with Crippen LogP contribution in [0.3, 0.4) is 0 Å². The minimum Gasteiger partial charge on any atom is -0.368 e. The highest BCUT2D eigenvalue weighted by Gasteiger charge is 2.28. The summed E-state index contributed by atoms with van der Waals surface area (Å²) < 4.78 is 1.96. The number of hydrogen-bond acceptors (Lipinski definition) is 4. The smallest absolute Gasteiger partial charge is 0.255 e. The molecule has 1 aromatic heterocycles. The van der Waals surface area contributed by atoms with Gasteiger partial charge in [-0.15, -0.1) is 0 Å². The van der Waals surface area contributed by atoms with Gasteiger partial charge in [0, 0.05) is 23.5 Å². The quantitative estimate of drug-likeness (QED) is 0.601. The molecule has 4 rings (SSSR count). The first-order valence-electron chi connectivity index (χ1n) is 10.9. The molecule has 0 radical (unpaired) electrons. The lowest BCUT2D eigenvalue weighted by atomic mass is 10.1. The van der Waals surface area contributed by atoms with Gasteiger partial charge in [-0.3, -0.25) is 19.2 Å². The number of carbonyl (C=O) groups is 2. The Labute approximate surface area is 188 Å². The van der Waals surface area contributed by atoms with E-state index in [0.717, 1.165) is 47.6 Å². The molecular formula is C25H29N5O2. The summed E-state index contributed by atoms with van der Waals surface area (Å²) in [6.45, 7) is 6.18. The number of hydrogen-bond donors (Lipinski definition) is 2. The average molecular weight is 432 g/mol. The van der Waals surface area contributed by atoms with Crippen molar-refractivity contribution in [1.29, 1.82) is 0 Å². The number of amides is 2. The maximum absolute atomic E-state index is 12.7. The predicted octanol–water partition coefficient (Wildman–Crippen LogP) is 3.25. The van der Waals surface area contributed by atoms with Crippen molar-refractivity contribution in [1.82, 2.24) is 14.7 Å². The molecule has 7 heteroatoms. The molecule has 1 aliphatic heterocycles. The molecule has 2 heterocycles. The van der Waals surface area contributed by atoms with Gasteiger partial charge in [0.2, 0.25) is 5.91 Å². The van der Waals surface area contributed by atoms with Crippen LogP contribution in [0.25, 0.3) is 0 Å². The normalized spacial score (nSPS) is 16.2. The zero-order valence-corrected chi connectivity index (χ0v) is 18.5. The Morgan fingerprint density at radius 3 is 2.53 bits per heavy atom. The molecule has 1 unspecified atom stereocenters. The van der Waals surface area contributed by atoms with E-state index in [1.807, 2.05) is 73.1 Å². The van der Waals surface area contributed by atoms with Crippen LogP contribution in [0, 0.1) is 13.8 Å². The van der Waals surface area contributed by atoms with E-state index in [4.69, 9.17) is 5.73 Å². The lowest BCUT2D eigenvalue weighted by Crippen LogP contribution is -2.39. The zero-order chi connectivity index (χ0) is 22.7. The highest BCUT2D eigenvalue weighted by molar-refractivity contribution is 6.04. The molecule has 0 spiro atoms. The number of primary amides is 1. The maximum atomic E-state index is 12.7. The van der Waals surface area contributed by atoms with Gasteiger partial charge in [0.1, 0.15) is 0 Å². The minimum atomic E-state index is -0.270. The Bertz CT molecular complexity index is 1120. The third kappa shape index (κ3) is 5.06. The van der Waals surface area contributed by atoms with Crippen LogP contribution in [0.1, 0.15) is 45.7 Å². The van der Waals surface area contributed by atoms with Crippen LogP contribution in [0.5, 0.6) is 0 Å². The Morgan fingerprint density at radius 2 is 1.84 bits per heavy atom. The van der Waals surface area contributed by atoms with Crippen LogP contribution in [-0.4, -0.2) is 39.1 Å².